The highest BCUT2D eigenvalue weighted by Gasteiger charge is 2.47. The zero-order valence-electron chi connectivity index (χ0n) is 23.8. The molecule has 1 aliphatic rings. The van der Waals surface area contributed by atoms with Crippen LogP contribution in [0.5, 0.6) is 11.5 Å². The molecule has 232 valence electrons. The van der Waals surface area contributed by atoms with E-state index in [0.717, 1.165) is 0 Å². The van der Waals surface area contributed by atoms with Crippen molar-refractivity contribution in [1.82, 2.24) is 9.80 Å². The Hall–Kier alpha value is -5.53. The number of aromatic hydroxyl groups is 2. The lowest BCUT2D eigenvalue weighted by molar-refractivity contribution is -0.385. The summed E-state index contributed by atoms with van der Waals surface area (Å²) in [5.41, 5.74) is 1.41. The monoisotopic (exact) mass is 614 g/mol. The van der Waals surface area contributed by atoms with E-state index in [0.29, 0.717) is 22.3 Å². The van der Waals surface area contributed by atoms with Crippen molar-refractivity contribution in [3.05, 3.63) is 140 Å². The van der Waals surface area contributed by atoms with Gasteiger partial charge in [0.05, 0.1) is 21.9 Å². The number of hydrogen-bond acceptors (Lipinski definition) is 9. The summed E-state index contributed by atoms with van der Waals surface area (Å²) in [6, 6.07) is 20.5. The largest absolute Gasteiger partial charge is 0.508 e. The fourth-order valence-corrected chi connectivity index (χ4v) is 5.64. The number of benzene rings is 4. The minimum Gasteiger partial charge on any atom is -0.508 e. The van der Waals surface area contributed by atoms with Crippen LogP contribution >= 0.6 is 0 Å². The van der Waals surface area contributed by atoms with Gasteiger partial charge in [-0.15, -0.1) is 0 Å². The second kappa shape index (κ2) is 13.0. The van der Waals surface area contributed by atoms with Gasteiger partial charge in [-0.3, -0.25) is 20.2 Å². The lowest BCUT2D eigenvalue weighted by Gasteiger charge is -2.35. The quantitative estimate of drug-likeness (QED) is 0.156. The van der Waals surface area contributed by atoms with Gasteiger partial charge in [-0.25, -0.2) is 4.79 Å². The van der Waals surface area contributed by atoms with E-state index in [4.69, 9.17) is 0 Å². The summed E-state index contributed by atoms with van der Waals surface area (Å²) in [6.07, 6.45) is -3.07. The number of nitro groups is 2. The second-order valence-electron chi connectivity index (χ2n) is 10.8. The number of aliphatic hydroxyl groups excluding tert-OH is 2. The zero-order chi connectivity index (χ0) is 32.2. The Morgan fingerprint density at radius 1 is 0.644 bits per heavy atom. The smallest absolute Gasteiger partial charge is 0.321 e. The Labute approximate surface area is 257 Å². The predicted molar refractivity (Wildman–Crippen MR) is 161 cm³/mol. The van der Waals surface area contributed by atoms with Crippen LogP contribution in [0.3, 0.4) is 0 Å². The molecule has 0 bridgehead atoms. The van der Waals surface area contributed by atoms with E-state index in [1.54, 1.807) is 24.3 Å². The Balaban J connectivity index is 1.64. The first kappa shape index (κ1) is 30.9. The van der Waals surface area contributed by atoms with Crippen LogP contribution in [0, 0.1) is 20.2 Å². The Bertz CT molecular complexity index is 1700. The van der Waals surface area contributed by atoms with Crippen LogP contribution in [0.25, 0.3) is 0 Å². The molecule has 1 unspecified atom stereocenters. The summed E-state index contributed by atoms with van der Waals surface area (Å²) < 4.78 is 0. The van der Waals surface area contributed by atoms with E-state index in [1.807, 2.05) is 0 Å². The van der Waals surface area contributed by atoms with Crippen LogP contribution in [-0.2, 0) is 19.5 Å². The average molecular weight is 615 g/mol. The number of amides is 2. The van der Waals surface area contributed by atoms with Gasteiger partial charge in [0.2, 0.25) is 0 Å². The SMILES string of the molecule is O=C1N(Cc2cccc([N+](=O)[O-])c2)C(c2ccc(O)cc2)[C@H](O)[C@@H](O)[C@@H](Cc2ccc(O)cc2)N1Cc1cccc([N+](=O)[O-])c1. The standard InChI is InChI=1S/C32H30N4O9/c37-26-11-7-20(8-12-26)17-28-30(39)31(40)29(23-9-13-27(38)14-10-23)34(19-22-4-2-6-25(16-22)36(44)45)32(41)33(28)18-21-3-1-5-24(15-21)35(42)43/h1-16,28-31,37-40H,17-19H2/t28-,29?,30+,31+/m1/s1. The number of carbonyl (C=O) groups is 1. The molecule has 0 aromatic heterocycles. The van der Waals surface area contributed by atoms with E-state index in [2.05, 4.69) is 0 Å². The molecule has 1 heterocycles. The van der Waals surface area contributed by atoms with Crippen LogP contribution < -0.4 is 0 Å². The number of carbonyl (C=O) groups excluding carboxylic acids is 1. The van der Waals surface area contributed by atoms with Gasteiger partial charge in [0.25, 0.3) is 11.4 Å². The number of nitro benzene ring substituents is 2. The third-order valence-corrected chi connectivity index (χ3v) is 7.86. The van der Waals surface area contributed by atoms with Crippen LogP contribution in [-0.4, -0.2) is 64.4 Å². The van der Waals surface area contributed by atoms with E-state index in [9.17, 15) is 45.4 Å². The van der Waals surface area contributed by atoms with Gasteiger partial charge in [-0.2, -0.15) is 0 Å². The van der Waals surface area contributed by atoms with Crippen molar-refractivity contribution in [1.29, 1.82) is 0 Å². The Kier molecular flexibility index (Phi) is 8.93. The molecule has 1 saturated heterocycles. The predicted octanol–water partition coefficient (Wildman–Crippen LogP) is 4.43. The molecule has 13 nitrogen and oxygen atoms in total. The maximum Gasteiger partial charge on any atom is 0.321 e. The summed E-state index contributed by atoms with van der Waals surface area (Å²) >= 11 is 0. The molecule has 4 aromatic carbocycles. The third kappa shape index (κ3) is 6.84. The number of nitrogens with zero attached hydrogens (tertiary/aromatic N) is 4. The average Bonchev–Trinajstić information content (AvgIpc) is 3.09. The maximum atomic E-state index is 14.7. The van der Waals surface area contributed by atoms with Crippen molar-refractivity contribution in [3.63, 3.8) is 0 Å². The number of hydrogen-bond donors (Lipinski definition) is 4. The van der Waals surface area contributed by atoms with Crippen LogP contribution in [0.2, 0.25) is 0 Å². The number of non-ortho nitro benzene ring substituents is 2. The number of urea groups is 1. The van der Waals surface area contributed by atoms with E-state index >= 15 is 0 Å². The molecule has 45 heavy (non-hydrogen) atoms. The summed E-state index contributed by atoms with van der Waals surface area (Å²) in [5.74, 6) is -0.0447. The van der Waals surface area contributed by atoms with Gasteiger partial charge >= 0.3 is 6.03 Å². The zero-order valence-corrected chi connectivity index (χ0v) is 23.8. The summed E-state index contributed by atoms with van der Waals surface area (Å²) in [6.45, 7) is -0.381. The molecule has 0 saturated carbocycles. The molecular weight excluding hydrogens is 584 g/mol. The lowest BCUT2D eigenvalue weighted by Crippen LogP contribution is -2.50. The van der Waals surface area contributed by atoms with Crippen molar-refractivity contribution in [2.75, 3.05) is 0 Å². The van der Waals surface area contributed by atoms with Crippen LogP contribution in [0.1, 0.15) is 28.3 Å². The molecule has 13 heteroatoms. The van der Waals surface area contributed by atoms with Crippen LogP contribution in [0.4, 0.5) is 16.2 Å². The molecule has 0 radical (unpaired) electrons. The number of rotatable bonds is 9. The number of phenols is 2. The van der Waals surface area contributed by atoms with Crippen molar-refractivity contribution in [2.45, 2.75) is 43.8 Å². The molecule has 2 amide bonds. The van der Waals surface area contributed by atoms with Gasteiger partial charge < -0.3 is 30.2 Å². The molecule has 4 N–H and O–H groups in total. The molecule has 5 rings (SSSR count). The lowest BCUT2D eigenvalue weighted by atomic mass is 9.90. The Morgan fingerprint density at radius 2 is 1.13 bits per heavy atom. The van der Waals surface area contributed by atoms with Gasteiger partial charge in [-0.1, -0.05) is 48.5 Å². The number of aliphatic hydroxyl groups is 2. The first-order chi connectivity index (χ1) is 21.5. The van der Waals surface area contributed by atoms with Crippen LogP contribution in [0.15, 0.2) is 97.1 Å². The van der Waals surface area contributed by atoms with E-state index < -0.39 is 40.2 Å². The summed E-state index contributed by atoms with van der Waals surface area (Å²) in [7, 11) is 0. The molecule has 4 aromatic rings. The third-order valence-electron chi connectivity index (χ3n) is 7.86. The first-order valence-corrected chi connectivity index (χ1v) is 14.0. The molecule has 4 atom stereocenters. The Morgan fingerprint density at radius 3 is 1.64 bits per heavy atom. The van der Waals surface area contributed by atoms with Crippen molar-refractivity contribution in [3.8, 4) is 11.5 Å². The van der Waals surface area contributed by atoms with Gasteiger partial charge in [-0.05, 0) is 52.9 Å². The molecule has 0 spiro atoms. The highest BCUT2D eigenvalue weighted by molar-refractivity contribution is 5.76. The van der Waals surface area contributed by atoms with Crippen molar-refractivity contribution >= 4 is 17.4 Å². The molecular formula is C32H30N4O9. The fraction of sp³-hybridized carbons (Fsp3) is 0.219. The normalized spacial score (nSPS) is 20.1. The maximum absolute atomic E-state index is 14.7. The molecule has 1 aliphatic heterocycles. The fourth-order valence-electron chi connectivity index (χ4n) is 5.64. The van der Waals surface area contributed by atoms with Gasteiger partial charge in [0, 0.05) is 37.4 Å². The van der Waals surface area contributed by atoms with E-state index in [-0.39, 0.29) is 42.4 Å². The summed E-state index contributed by atoms with van der Waals surface area (Å²) in [4.78, 5) is 39.2. The highest BCUT2D eigenvalue weighted by Crippen LogP contribution is 2.37. The van der Waals surface area contributed by atoms with E-state index in [1.165, 1.54) is 82.6 Å². The summed E-state index contributed by atoms with van der Waals surface area (Å²) in [5, 5.41) is 66.3. The molecule has 0 aliphatic carbocycles. The highest BCUT2D eigenvalue weighted by atomic mass is 16.6. The minimum atomic E-state index is -1.57. The number of phenolic OH excluding ortho intramolecular Hbond substituents is 2. The van der Waals surface area contributed by atoms with Gasteiger partial charge in [0.1, 0.15) is 23.7 Å². The minimum absolute atomic E-state index is 0.0141. The topological polar surface area (TPSA) is 191 Å². The first-order valence-electron chi connectivity index (χ1n) is 14.0. The van der Waals surface area contributed by atoms with Crippen molar-refractivity contribution in [2.24, 2.45) is 0 Å². The van der Waals surface area contributed by atoms with Gasteiger partial charge in [0.15, 0.2) is 0 Å². The van der Waals surface area contributed by atoms with Crippen molar-refractivity contribution < 1.29 is 35.1 Å². The molecule has 1 fully saturated rings. The second-order valence-corrected chi connectivity index (χ2v) is 10.8.